The summed E-state index contributed by atoms with van der Waals surface area (Å²) in [7, 11) is 0. The van der Waals surface area contributed by atoms with E-state index in [1.54, 1.807) is 0 Å². The second-order valence-electron chi connectivity index (χ2n) is 6.32. The van der Waals surface area contributed by atoms with E-state index in [4.69, 9.17) is 9.84 Å². The van der Waals surface area contributed by atoms with Crippen molar-refractivity contribution in [3.8, 4) is 0 Å². The van der Waals surface area contributed by atoms with Crippen LogP contribution in [0.3, 0.4) is 0 Å². The Hall–Kier alpha value is -2.00. The standard InChI is InChI=1S/C17H28O9/c1-6-15(7-2,14(24)26-10(4)9-18)17(25,13(22)23)16(8-3,11(5)19)12(20)21/h10,18,25H,6-9H2,1-5H3,(H,20,21)(H,22,23). The van der Waals surface area contributed by atoms with Crippen molar-refractivity contribution >= 4 is 23.7 Å². The number of esters is 1. The van der Waals surface area contributed by atoms with Gasteiger partial charge in [0.15, 0.2) is 11.2 Å². The highest BCUT2D eigenvalue weighted by Gasteiger charge is 2.74. The quantitative estimate of drug-likeness (QED) is 0.299. The van der Waals surface area contributed by atoms with E-state index in [1.807, 2.05) is 0 Å². The molecule has 9 nitrogen and oxygen atoms in total. The molecule has 3 unspecified atom stereocenters. The molecule has 0 aromatic heterocycles. The number of carbonyl (C=O) groups excluding carboxylic acids is 2. The van der Waals surface area contributed by atoms with Gasteiger partial charge in [0.05, 0.1) is 6.61 Å². The minimum absolute atomic E-state index is 0.300. The Bertz CT molecular complexity index is 551. The van der Waals surface area contributed by atoms with Gasteiger partial charge in [0, 0.05) is 0 Å². The molecule has 0 aliphatic heterocycles. The number of aliphatic carboxylic acids is 2. The topological polar surface area (TPSA) is 158 Å². The highest BCUT2D eigenvalue weighted by atomic mass is 16.6. The van der Waals surface area contributed by atoms with Gasteiger partial charge in [0.1, 0.15) is 11.5 Å². The third-order valence-electron chi connectivity index (χ3n) is 5.28. The number of aliphatic hydroxyl groups is 2. The Morgan fingerprint density at radius 2 is 1.42 bits per heavy atom. The van der Waals surface area contributed by atoms with Gasteiger partial charge in [-0.25, -0.2) is 4.79 Å². The number of aliphatic hydroxyl groups excluding tert-OH is 1. The van der Waals surface area contributed by atoms with E-state index in [-0.39, 0.29) is 12.8 Å². The van der Waals surface area contributed by atoms with Crippen molar-refractivity contribution in [1.29, 1.82) is 0 Å². The molecule has 0 amide bonds. The Morgan fingerprint density at radius 1 is 0.962 bits per heavy atom. The molecule has 0 aliphatic rings. The summed E-state index contributed by atoms with van der Waals surface area (Å²) in [5.74, 6) is -6.12. The Labute approximate surface area is 152 Å². The van der Waals surface area contributed by atoms with Crippen molar-refractivity contribution in [3.05, 3.63) is 0 Å². The van der Waals surface area contributed by atoms with Crippen LogP contribution in [-0.2, 0) is 23.9 Å². The molecule has 0 fully saturated rings. The van der Waals surface area contributed by atoms with E-state index >= 15 is 0 Å². The number of Topliss-reactive ketones (excluding diaryl/α,β-unsaturated/α-hetero) is 1. The van der Waals surface area contributed by atoms with Gasteiger partial charge >= 0.3 is 17.9 Å². The van der Waals surface area contributed by atoms with Gasteiger partial charge < -0.3 is 25.2 Å². The fourth-order valence-corrected chi connectivity index (χ4v) is 3.54. The van der Waals surface area contributed by atoms with E-state index in [1.165, 1.54) is 27.7 Å². The second kappa shape index (κ2) is 8.59. The Morgan fingerprint density at radius 3 is 1.65 bits per heavy atom. The average molecular weight is 376 g/mol. The van der Waals surface area contributed by atoms with E-state index < -0.39 is 59.3 Å². The highest BCUT2D eigenvalue weighted by Crippen LogP contribution is 2.52. The molecule has 0 radical (unpaired) electrons. The number of carbonyl (C=O) groups is 4. The van der Waals surface area contributed by atoms with Crippen LogP contribution in [0, 0.1) is 10.8 Å². The molecular weight excluding hydrogens is 348 g/mol. The van der Waals surface area contributed by atoms with Gasteiger partial charge in [-0.1, -0.05) is 20.8 Å². The zero-order valence-corrected chi connectivity index (χ0v) is 15.7. The summed E-state index contributed by atoms with van der Waals surface area (Å²) in [5.41, 5.74) is -8.24. The number of ether oxygens (including phenoxy) is 1. The van der Waals surface area contributed by atoms with Crippen LogP contribution in [0.5, 0.6) is 0 Å². The lowest BCUT2D eigenvalue weighted by molar-refractivity contribution is -0.225. The van der Waals surface area contributed by atoms with Crippen molar-refractivity contribution in [2.75, 3.05) is 6.61 Å². The summed E-state index contributed by atoms with van der Waals surface area (Å²) >= 11 is 0. The molecule has 0 aromatic carbocycles. The lowest BCUT2D eigenvalue weighted by Crippen LogP contribution is -2.71. The van der Waals surface area contributed by atoms with Crippen LogP contribution in [0.1, 0.15) is 53.9 Å². The van der Waals surface area contributed by atoms with E-state index in [0.29, 0.717) is 0 Å². The van der Waals surface area contributed by atoms with Gasteiger partial charge in [0.2, 0.25) is 5.60 Å². The molecule has 150 valence electrons. The van der Waals surface area contributed by atoms with Gasteiger partial charge in [0.25, 0.3) is 0 Å². The number of rotatable bonds is 11. The van der Waals surface area contributed by atoms with E-state index in [0.717, 1.165) is 6.92 Å². The van der Waals surface area contributed by atoms with E-state index in [9.17, 15) is 34.5 Å². The molecule has 0 spiro atoms. The zero-order chi connectivity index (χ0) is 20.9. The molecule has 0 saturated heterocycles. The number of hydrogen-bond acceptors (Lipinski definition) is 7. The fraction of sp³-hybridized carbons (Fsp3) is 0.765. The first-order valence-corrected chi connectivity index (χ1v) is 8.41. The lowest BCUT2D eigenvalue weighted by atomic mass is 9.53. The molecule has 26 heavy (non-hydrogen) atoms. The fourth-order valence-electron chi connectivity index (χ4n) is 3.54. The van der Waals surface area contributed by atoms with Crippen LogP contribution in [0.2, 0.25) is 0 Å². The first-order valence-electron chi connectivity index (χ1n) is 8.41. The van der Waals surface area contributed by atoms with Crippen LogP contribution in [0.4, 0.5) is 0 Å². The number of carboxylic acids is 2. The maximum atomic E-state index is 12.8. The molecule has 9 heteroatoms. The summed E-state index contributed by atoms with van der Waals surface area (Å²) in [5, 5.41) is 39.8. The van der Waals surface area contributed by atoms with Gasteiger partial charge in [-0.05, 0) is 33.1 Å². The number of hydrogen-bond donors (Lipinski definition) is 4. The number of carboxylic acid groups (broad SMARTS) is 2. The summed E-state index contributed by atoms with van der Waals surface area (Å²) < 4.78 is 5.03. The smallest absolute Gasteiger partial charge is 0.338 e. The van der Waals surface area contributed by atoms with Crippen molar-refractivity contribution < 1.29 is 44.3 Å². The molecule has 0 bridgehead atoms. The third-order valence-corrected chi connectivity index (χ3v) is 5.28. The average Bonchev–Trinajstić information content (AvgIpc) is 2.56. The largest absolute Gasteiger partial charge is 0.480 e. The van der Waals surface area contributed by atoms with Crippen molar-refractivity contribution in [1.82, 2.24) is 0 Å². The monoisotopic (exact) mass is 376 g/mol. The van der Waals surface area contributed by atoms with E-state index in [2.05, 4.69) is 0 Å². The molecule has 4 N–H and O–H groups in total. The predicted octanol–water partition coefficient (Wildman–Crippen LogP) is 0.603. The summed E-state index contributed by atoms with van der Waals surface area (Å²) in [4.78, 5) is 49.2. The SMILES string of the molecule is CCC(CC)(C(=O)OC(C)CO)C(O)(C(=O)O)C(CC)(C(C)=O)C(=O)O. The van der Waals surface area contributed by atoms with Crippen LogP contribution < -0.4 is 0 Å². The van der Waals surface area contributed by atoms with Crippen LogP contribution in [0.15, 0.2) is 0 Å². The predicted molar refractivity (Wildman–Crippen MR) is 89.3 cm³/mol. The van der Waals surface area contributed by atoms with Crippen LogP contribution in [0.25, 0.3) is 0 Å². The second-order valence-corrected chi connectivity index (χ2v) is 6.32. The first kappa shape index (κ1) is 24.0. The normalized spacial score (nSPS) is 17.5. The van der Waals surface area contributed by atoms with Crippen molar-refractivity contribution in [2.24, 2.45) is 10.8 Å². The minimum Gasteiger partial charge on any atom is -0.480 e. The maximum absolute atomic E-state index is 12.8. The molecule has 3 atom stereocenters. The van der Waals surface area contributed by atoms with Crippen LogP contribution >= 0.6 is 0 Å². The highest BCUT2D eigenvalue weighted by molar-refractivity contribution is 6.10. The Kier molecular flexibility index (Phi) is 7.93. The molecule has 0 saturated carbocycles. The summed E-state index contributed by atoms with van der Waals surface area (Å²) in [6.07, 6.45) is -2.15. The molecule has 0 aliphatic carbocycles. The summed E-state index contributed by atoms with van der Waals surface area (Å²) in [6.45, 7) is 5.70. The Balaban J connectivity index is 6.96. The van der Waals surface area contributed by atoms with Crippen LogP contribution in [-0.4, -0.2) is 62.4 Å². The molecule has 0 rings (SSSR count). The molecule has 0 aromatic rings. The third kappa shape index (κ3) is 3.21. The lowest BCUT2D eigenvalue weighted by Gasteiger charge is -2.49. The zero-order valence-electron chi connectivity index (χ0n) is 15.7. The van der Waals surface area contributed by atoms with Crippen molar-refractivity contribution in [2.45, 2.75) is 65.6 Å². The first-order chi connectivity index (χ1) is 11.9. The summed E-state index contributed by atoms with van der Waals surface area (Å²) in [6, 6.07) is 0. The molecule has 0 heterocycles. The van der Waals surface area contributed by atoms with Gasteiger partial charge in [-0.15, -0.1) is 0 Å². The van der Waals surface area contributed by atoms with Gasteiger partial charge in [-0.2, -0.15) is 0 Å². The minimum atomic E-state index is -3.26. The van der Waals surface area contributed by atoms with Crippen molar-refractivity contribution in [3.63, 3.8) is 0 Å². The van der Waals surface area contributed by atoms with Gasteiger partial charge in [-0.3, -0.25) is 14.4 Å². The maximum Gasteiger partial charge on any atom is 0.338 e. The number of ketones is 1. The molecular formula is C17H28O9.